The Hall–Kier alpha value is -0.403. The summed E-state index contributed by atoms with van der Waals surface area (Å²) in [5, 5.41) is 0.900. The molecule has 0 saturated heterocycles. The van der Waals surface area contributed by atoms with Gasteiger partial charge >= 0.3 is 0 Å². The molecule has 0 radical (unpaired) electrons. The van der Waals surface area contributed by atoms with Crippen LogP contribution < -0.4 is 0 Å². The van der Waals surface area contributed by atoms with Crippen molar-refractivity contribution < 1.29 is 4.79 Å². The normalized spacial score (nSPS) is 9.86. The quantitative estimate of drug-likeness (QED) is 0.222. The molecule has 0 fully saturated rings. The highest BCUT2D eigenvalue weighted by Crippen LogP contribution is 1.99. The average Bonchev–Trinajstić information content (AvgIpc) is 2.12. The van der Waals surface area contributed by atoms with E-state index in [1.807, 2.05) is 6.92 Å². The molecule has 0 heterocycles. The van der Waals surface area contributed by atoms with Crippen LogP contribution in [0.2, 0.25) is 19.6 Å². The first kappa shape index (κ1) is 16.0. The van der Waals surface area contributed by atoms with Crippen LogP contribution in [0.1, 0.15) is 46.5 Å². The van der Waals surface area contributed by atoms with Crippen LogP contribution in [-0.2, 0) is 0 Å². The summed E-state index contributed by atoms with van der Waals surface area (Å²) in [6.07, 6.45) is 5.54. The molecule has 2 nitrogen and oxygen atoms in total. The zero-order valence-electron chi connectivity index (χ0n) is 10.7. The molecular formula is C11H26N2Si. The molecule has 0 rings (SSSR count). The monoisotopic (exact) mass is 214 g/mol. The van der Waals surface area contributed by atoms with Crippen LogP contribution >= 0.6 is 0 Å². The topological polar surface area (TPSA) is 36.4 Å². The van der Waals surface area contributed by atoms with Crippen molar-refractivity contribution in [1.29, 1.82) is 0 Å². The lowest BCUT2D eigenvalue weighted by Crippen LogP contribution is -2.31. The molecule has 0 spiro atoms. The number of rotatable bonds is 4. The summed E-state index contributed by atoms with van der Waals surface area (Å²) in [6.45, 7) is 12.8. The van der Waals surface area contributed by atoms with E-state index in [2.05, 4.69) is 38.3 Å². The Morgan fingerprint density at radius 1 is 1.07 bits per heavy atom. The molecule has 0 aliphatic carbocycles. The van der Waals surface area contributed by atoms with Crippen LogP contribution in [0.25, 0.3) is 5.53 Å². The average molecular weight is 214 g/mol. The fraction of sp³-hybridized carbons (Fsp3) is 0.909. The summed E-state index contributed by atoms with van der Waals surface area (Å²) in [5.41, 5.74) is 8.29. The van der Waals surface area contributed by atoms with Gasteiger partial charge in [0.1, 0.15) is 0 Å². The van der Waals surface area contributed by atoms with Crippen molar-refractivity contribution in [3.8, 4) is 0 Å². The van der Waals surface area contributed by atoms with E-state index < -0.39 is 8.07 Å². The SMILES string of the molecule is CC(=[N+]=[N-])[Si](C)(C)C.CCCCCC. The second-order valence-corrected chi connectivity index (χ2v) is 9.87. The lowest BCUT2D eigenvalue weighted by molar-refractivity contribution is -0.00197. The third-order valence-electron chi connectivity index (χ3n) is 2.19. The van der Waals surface area contributed by atoms with Crippen molar-refractivity contribution in [3.63, 3.8) is 0 Å². The van der Waals surface area contributed by atoms with E-state index >= 15 is 0 Å². The van der Waals surface area contributed by atoms with Crippen molar-refractivity contribution in [2.45, 2.75) is 66.1 Å². The Balaban J connectivity index is 0. The molecule has 0 amide bonds. The number of hydrogen-bond acceptors (Lipinski definition) is 0. The maximum atomic E-state index is 8.29. The van der Waals surface area contributed by atoms with Crippen molar-refractivity contribution >= 4 is 13.4 Å². The van der Waals surface area contributed by atoms with Gasteiger partial charge < -0.3 is 5.53 Å². The Bertz CT molecular complexity index is 172. The molecule has 0 aromatic carbocycles. The first-order chi connectivity index (χ1) is 6.40. The van der Waals surface area contributed by atoms with E-state index in [4.69, 9.17) is 5.53 Å². The lowest BCUT2D eigenvalue weighted by atomic mass is 10.2. The third kappa shape index (κ3) is 11.6. The van der Waals surface area contributed by atoms with Gasteiger partial charge in [-0.1, -0.05) is 59.2 Å². The van der Waals surface area contributed by atoms with Gasteiger partial charge in [0, 0.05) is 6.92 Å². The standard InChI is InChI=1S/C6H14.C5H12N2Si/c1-3-5-6-4-2;1-5(7-6)8(2,3)4/h3-6H2,1-2H3;1-4H3. The van der Waals surface area contributed by atoms with Gasteiger partial charge in [-0.15, -0.1) is 0 Å². The zero-order chi connectivity index (χ0) is 11.6. The molecule has 0 unspecified atom stereocenters. The predicted octanol–water partition coefficient (Wildman–Crippen LogP) is 4.14. The smallest absolute Gasteiger partial charge is 0.233 e. The Morgan fingerprint density at radius 2 is 1.43 bits per heavy atom. The summed E-state index contributed by atoms with van der Waals surface area (Å²) in [5.74, 6) is 0. The number of unbranched alkanes of at least 4 members (excludes halogenated alkanes) is 3. The minimum absolute atomic E-state index is 0.900. The molecule has 0 atom stereocenters. The van der Waals surface area contributed by atoms with Gasteiger partial charge in [-0.05, 0) is 0 Å². The van der Waals surface area contributed by atoms with Gasteiger partial charge in [0.05, 0.1) is 0 Å². The highest BCUT2D eigenvalue weighted by molar-refractivity contribution is 7.03. The molecule has 84 valence electrons. The van der Waals surface area contributed by atoms with Crippen molar-refractivity contribution in [2.24, 2.45) is 0 Å². The van der Waals surface area contributed by atoms with Crippen LogP contribution in [0, 0.1) is 0 Å². The van der Waals surface area contributed by atoms with Gasteiger partial charge in [0.25, 0.3) is 0 Å². The Labute approximate surface area is 90.4 Å². The molecule has 0 aromatic rings. The molecule has 0 aliphatic rings. The van der Waals surface area contributed by atoms with Crippen molar-refractivity contribution in [2.75, 3.05) is 0 Å². The molecule has 0 aliphatic heterocycles. The lowest BCUT2D eigenvalue weighted by Gasteiger charge is -2.03. The minimum atomic E-state index is -1.26. The maximum Gasteiger partial charge on any atom is 0.233 e. The summed E-state index contributed by atoms with van der Waals surface area (Å²) >= 11 is 0. The van der Waals surface area contributed by atoms with Crippen LogP contribution in [0.5, 0.6) is 0 Å². The summed E-state index contributed by atoms with van der Waals surface area (Å²) < 4.78 is 0. The fourth-order valence-corrected chi connectivity index (χ4v) is 0.950. The second-order valence-electron chi connectivity index (χ2n) is 4.64. The second kappa shape index (κ2) is 9.16. The van der Waals surface area contributed by atoms with Crippen molar-refractivity contribution in [1.82, 2.24) is 0 Å². The first-order valence-corrected chi connectivity index (χ1v) is 9.09. The largest absolute Gasteiger partial charge is 0.362 e. The molecule has 0 N–H and O–H groups in total. The Morgan fingerprint density at radius 3 is 1.50 bits per heavy atom. The van der Waals surface area contributed by atoms with Gasteiger partial charge in [-0.2, -0.15) is 4.79 Å². The van der Waals surface area contributed by atoms with Crippen LogP contribution in [-0.4, -0.2) is 18.2 Å². The van der Waals surface area contributed by atoms with Gasteiger partial charge in [-0.25, -0.2) is 0 Å². The van der Waals surface area contributed by atoms with Crippen molar-refractivity contribution in [3.05, 3.63) is 5.53 Å². The fourth-order valence-electron chi connectivity index (χ4n) is 0.650. The molecule has 0 aromatic heterocycles. The molecule has 14 heavy (non-hydrogen) atoms. The minimum Gasteiger partial charge on any atom is -0.362 e. The summed E-state index contributed by atoms with van der Waals surface area (Å²) in [4.78, 5) is 3.14. The van der Waals surface area contributed by atoms with Gasteiger partial charge in [0.2, 0.25) is 5.33 Å². The van der Waals surface area contributed by atoms with E-state index in [9.17, 15) is 0 Å². The van der Waals surface area contributed by atoms with E-state index in [0.717, 1.165) is 5.33 Å². The van der Waals surface area contributed by atoms with Crippen LogP contribution in [0.3, 0.4) is 0 Å². The molecule has 0 saturated carbocycles. The van der Waals surface area contributed by atoms with E-state index in [0.29, 0.717) is 0 Å². The maximum absolute atomic E-state index is 8.29. The van der Waals surface area contributed by atoms with E-state index in [-0.39, 0.29) is 0 Å². The first-order valence-electron chi connectivity index (χ1n) is 5.59. The zero-order valence-corrected chi connectivity index (χ0v) is 11.7. The van der Waals surface area contributed by atoms with Crippen LogP contribution in [0.4, 0.5) is 0 Å². The Kier molecular flexibility index (Phi) is 10.5. The number of hydrogen-bond donors (Lipinski definition) is 0. The molecular weight excluding hydrogens is 188 g/mol. The predicted molar refractivity (Wildman–Crippen MR) is 67.5 cm³/mol. The molecule has 3 heteroatoms. The summed E-state index contributed by atoms with van der Waals surface area (Å²) in [7, 11) is -1.26. The van der Waals surface area contributed by atoms with E-state index in [1.165, 1.54) is 25.7 Å². The number of nitrogens with zero attached hydrogens (tertiary/aromatic N) is 2. The highest BCUT2D eigenvalue weighted by Gasteiger charge is 2.24. The van der Waals surface area contributed by atoms with Gasteiger partial charge in [-0.3, -0.25) is 0 Å². The third-order valence-corrected chi connectivity index (χ3v) is 4.46. The highest BCUT2D eigenvalue weighted by atomic mass is 28.3. The van der Waals surface area contributed by atoms with Crippen LogP contribution in [0.15, 0.2) is 0 Å². The van der Waals surface area contributed by atoms with Gasteiger partial charge in [0.15, 0.2) is 8.07 Å². The summed E-state index contributed by atoms with van der Waals surface area (Å²) in [6, 6.07) is 0. The van der Waals surface area contributed by atoms with E-state index in [1.54, 1.807) is 0 Å². The molecule has 0 bridgehead atoms.